The number of rotatable bonds is 6. The van der Waals surface area contributed by atoms with Crippen LogP contribution in [0.3, 0.4) is 0 Å². The number of nitrogens with zero attached hydrogens (tertiary/aromatic N) is 2. The van der Waals surface area contributed by atoms with Crippen LogP contribution >= 0.6 is 11.3 Å². The molecule has 0 fully saturated rings. The molecule has 0 radical (unpaired) electrons. The first kappa shape index (κ1) is 16.1. The zero-order valence-electron chi connectivity index (χ0n) is 13.2. The molecule has 122 valence electrons. The third kappa shape index (κ3) is 3.77. The molecule has 1 atom stereocenters. The molecule has 23 heavy (non-hydrogen) atoms. The summed E-state index contributed by atoms with van der Waals surface area (Å²) in [6.07, 6.45) is 2.01. The van der Waals surface area contributed by atoms with Crippen molar-refractivity contribution >= 4 is 22.4 Å². The number of thiazole rings is 1. The molecule has 2 N–H and O–H groups in total. The van der Waals surface area contributed by atoms with Gasteiger partial charge in [-0.3, -0.25) is 9.69 Å². The van der Waals surface area contributed by atoms with E-state index in [1.54, 1.807) is 0 Å². The molecule has 0 spiro atoms. The van der Waals surface area contributed by atoms with E-state index in [1.165, 1.54) is 22.5 Å². The number of aryl methyl sites for hydroxylation is 2. The summed E-state index contributed by atoms with van der Waals surface area (Å²) in [5.41, 5.74) is 3.53. The number of nitrogens with one attached hydrogen (secondary N) is 1. The van der Waals surface area contributed by atoms with Crippen molar-refractivity contribution in [2.45, 2.75) is 25.8 Å². The maximum absolute atomic E-state index is 12.3. The lowest BCUT2D eigenvalue weighted by Crippen LogP contribution is -2.37. The van der Waals surface area contributed by atoms with Crippen LogP contribution in [-0.2, 0) is 11.2 Å². The van der Waals surface area contributed by atoms with Gasteiger partial charge in [0.25, 0.3) is 0 Å². The summed E-state index contributed by atoms with van der Waals surface area (Å²) in [7, 11) is 0. The minimum Gasteiger partial charge on any atom is -0.395 e. The summed E-state index contributed by atoms with van der Waals surface area (Å²) in [4.78, 5) is 18.6. The minimum atomic E-state index is -0.0859. The first-order valence-electron chi connectivity index (χ1n) is 7.82. The van der Waals surface area contributed by atoms with Crippen molar-refractivity contribution in [1.29, 1.82) is 0 Å². The van der Waals surface area contributed by atoms with Gasteiger partial charge >= 0.3 is 0 Å². The maximum Gasteiger partial charge on any atom is 0.240 e. The number of hydrogen-bond donors (Lipinski definition) is 2. The number of carbonyl (C=O) groups excluding carboxylic acids is 1. The first-order valence-corrected chi connectivity index (χ1v) is 8.70. The highest BCUT2D eigenvalue weighted by Gasteiger charge is 2.28. The minimum absolute atomic E-state index is 0.0440. The molecule has 0 saturated heterocycles. The normalized spacial score (nSPS) is 16.6. The van der Waals surface area contributed by atoms with Gasteiger partial charge in [-0.15, -0.1) is 11.3 Å². The summed E-state index contributed by atoms with van der Waals surface area (Å²) in [5.74, 6) is -0.0859. The number of aliphatic hydroxyl groups is 1. The highest BCUT2D eigenvalue weighted by Crippen LogP contribution is 2.35. The second-order valence-electron chi connectivity index (χ2n) is 5.79. The zero-order valence-corrected chi connectivity index (χ0v) is 14.0. The molecule has 1 amide bonds. The molecule has 1 aliphatic carbocycles. The molecule has 0 bridgehead atoms. The third-order valence-corrected chi connectivity index (χ3v) is 5.02. The summed E-state index contributed by atoms with van der Waals surface area (Å²) in [6.45, 7) is 2.70. The fourth-order valence-electron chi connectivity index (χ4n) is 3.14. The molecule has 1 aliphatic rings. The van der Waals surface area contributed by atoms with Crippen LogP contribution in [0.2, 0.25) is 0 Å². The number of fused-ring (bicyclic) bond motifs is 1. The molecule has 3 rings (SSSR count). The average molecular weight is 331 g/mol. The number of carbonyl (C=O) groups is 1. The van der Waals surface area contributed by atoms with Gasteiger partial charge in [0.2, 0.25) is 5.91 Å². The van der Waals surface area contributed by atoms with E-state index in [2.05, 4.69) is 33.4 Å². The lowest BCUT2D eigenvalue weighted by atomic mass is 10.1. The van der Waals surface area contributed by atoms with Crippen molar-refractivity contribution < 1.29 is 9.90 Å². The predicted molar refractivity (Wildman–Crippen MR) is 91.6 cm³/mol. The second-order valence-corrected chi connectivity index (χ2v) is 6.65. The van der Waals surface area contributed by atoms with Crippen molar-refractivity contribution in [3.8, 4) is 0 Å². The fraction of sp³-hybridized carbons (Fsp3) is 0.412. The topological polar surface area (TPSA) is 65.5 Å². The van der Waals surface area contributed by atoms with E-state index in [1.807, 2.05) is 18.4 Å². The smallest absolute Gasteiger partial charge is 0.240 e. The molecule has 0 saturated carbocycles. The van der Waals surface area contributed by atoms with Crippen LogP contribution in [0.1, 0.15) is 29.3 Å². The van der Waals surface area contributed by atoms with Gasteiger partial charge in [0.15, 0.2) is 5.13 Å². The number of hydrogen-bond acceptors (Lipinski definition) is 5. The summed E-state index contributed by atoms with van der Waals surface area (Å²) in [5, 5.41) is 14.8. The van der Waals surface area contributed by atoms with Gasteiger partial charge in [-0.25, -0.2) is 4.98 Å². The average Bonchev–Trinajstić information content (AvgIpc) is 3.13. The zero-order chi connectivity index (χ0) is 16.2. The fourth-order valence-corrected chi connectivity index (χ4v) is 3.85. The van der Waals surface area contributed by atoms with E-state index in [0.29, 0.717) is 11.7 Å². The molecule has 1 aromatic carbocycles. The number of aromatic nitrogens is 1. The summed E-state index contributed by atoms with van der Waals surface area (Å²) in [6, 6.07) is 8.55. The Hall–Kier alpha value is -1.76. The molecular formula is C17H21N3O2S. The standard InChI is InChI=1S/C17H21N3O2S/c1-12-11-23-17(18-12)19-16(22)10-20(8-9-21)15-7-6-13-4-2-3-5-14(13)15/h2-5,11,15,21H,6-10H2,1H3,(H,18,19,22). The Kier molecular flexibility index (Phi) is 5.05. The van der Waals surface area contributed by atoms with Crippen molar-refractivity contribution in [1.82, 2.24) is 9.88 Å². The highest BCUT2D eigenvalue weighted by molar-refractivity contribution is 7.13. The molecular weight excluding hydrogens is 310 g/mol. The van der Waals surface area contributed by atoms with Crippen LogP contribution in [0.5, 0.6) is 0 Å². The van der Waals surface area contributed by atoms with Crippen LogP contribution in [0.25, 0.3) is 0 Å². The van der Waals surface area contributed by atoms with E-state index in [9.17, 15) is 9.90 Å². The van der Waals surface area contributed by atoms with Crippen LogP contribution in [0.15, 0.2) is 29.6 Å². The monoisotopic (exact) mass is 331 g/mol. The Labute approximate surface area is 140 Å². The predicted octanol–water partition coefficient (Wildman–Crippen LogP) is 2.37. The highest BCUT2D eigenvalue weighted by atomic mass is 32.1. The maximum atomic E-state index is 12.3. The van der Waals surface area contributed by atoms with Gasteiger partial charge in [-0.05, 0) is 30.9 Å². The number of anilines is 1. The van der Waals surface area contributed by atoms with Crippen molar-refractivity contribution in [2.75, 3.05) is 25.0 Å². The Balaban J connectivity index is 1.68. The lowest BCUT2D eigenvalue weighted by Gasteiger charge is -2.28. The van der Waals surface area contributed by atoms with Gasteiger partial charge in [-0.2, -0.15) is 0 Å². The number of aliphatic hydroxyl groups excluding tert-OH is 1. The quantitative estimate of drug-likeness (QED) is 0.853. The van der Waals surface area contributed by atoms with Crippen molar-refractivity contribution in [3.05, 3.63) is 46.5 Å². The molecule has 1 unspecified atom stereocenters. The Morgan fingerprint density at radius 2 is 2.30 bits per heavy atom. The number of benzene rings is 1. The van der Waals surface area contributed by atoms with E-state index in [4.69, 9.17) is 0 Å². The Bertz CT molecular complexity index is 686. The lowest BCUT2D eigenvalue weighted by molar-refractivity contribution is -0.118. The van der Waals surface area contributed by atoms with Crippen LogP contribution in [0, 0.1) is 6.92 Å². The Morgan fingerprint density at radius 3 is 3.04 bits per heavy atom. The van der Waals surface area contributed by atoms with Gasteiger partial charge in [0, 0.05) is 18.0 Å². The first-order chi connectivity index (χ1) is 11.2. The SMILES string of the molecule is Cc1csc(NC(=O)CN(CCO)C2CCc3ccccc32)n1. The third-order valence-electron chi connectivity index (χ3n) is 4.14. The van der Waals surface area contributed by atoms with Crippen LogP contribution in [-0.4, -0.2) is 40.6 Å². The van der Waals surface area contributed by atoms with Gasteiger partial charge < -0.3 is 10.4 Å². The van der Waals surface area contributed by atoms with E-state index in [0.717, 1.165) is 18.5 Å². The van der Waals surface area contributed by atoms with E-state index >= 15 is 0 Å². The number of amides is 1. The molecule has 6 heteroatoms. The Morgan fingerprint density at radius 1 is 1.48 bits per heavy atom. The molecule has 0 aliphatic heterocycles. The molecule has 1 aromatic heterocycles. The van der Waals surface area contributed by atoms with Crippen molar-refractivity contribution in [3.63, 3.8) is 0 Å². The molecule has 2 aromatic rings. The largest absolute Gasteiger partial charge is 0.395 e. The summed E-state index contributed by atoms with van der Waals surface area (Å²) < 4.78 is 0. The van der Waals surface area contributed by atoms with Crippen LogP contribution in [0.4, 0.5) is 5.13 Å². The second kappa shape index (κ2) is 7.21. The van der Waals surface area contributed by atoms with E-state index in [-0.39, 0.29) is 25.1 Å². The van der Waals surface area contributed by atoms with Crippen molar-refractivity contribution in [2.24, 2.45) is 0 Å². The van der Waals surface area contributed by atoms with Gasteiger partial charge in [0.05, 0.1) is 18.8 Å². The van der Waals surface area contributed by atoms with Gasteiger partial charge in [0.1, 0.15) is 0 Å². The molecule has 5 nitrogen and oxygen atoms in total. The summed E-state index contributed by atoms with van der Waals surface area (Å²) >= 11 is 1.43. The molecule has 1 heterocycles. The van der Waals surface area contributed by atoms with E-state index < -0.39 is 0 Å². The van der Waals surface area contributed by atoms with Crippen LogP contribution < -0.4 is 5.32 Å². The van der Waals surface area contributed by atoms with Gasteiger partial charge in [-0.1, -0.05) is 24.3 Å².